The van der Waals surface area contributed by atoms with Crippen LogP contribution in [0.2, 0.25) is 0 Å². The summed E-state index contributed by atoms with van der Waals surface area (Å²) in [6.45, 7) is 5.78. The smallest absolute Gasteiger partial charge is 0.277 e. The van der Waals surface area contributed by atoms with Crippen LogP contribution in [-0.4, -0.2) is 17.8 Å². The van der Waals surface area contributed by atoms with Gasteiger partial charge in [-0.2, -0.15) is 0 Å². The third-order valence-corrected chi connectivity index (χ3v) is 3.59. The van der Waals surface area contributed by atoms with Gasteiger partial charge in [0, 0.05) is 0 Å². The first-order chi connectivity index (χ1) is 9.45. The molecule has 1 fully saturated rings. The maximum absolute atomic E-state index is 12.4. The lowest BCUT2D eigenvalue weighted by Crippen LogP contribution is -2.58. The maximum atomic E-state index is 12.4. The Balaban J connectivity index is 2.38. The highest BCUT2D eigenvalue weighted by Gasteiger charge is 2.40. The van der Waals surface area contributed by atoms with Gasteiger partial charge in [0.1, 0.15) is 5.92 Å². The Morgan fingerprint density at radius 1 is 1.15 bits per heavy atom. The molecule has 0 aromatic heterocycles. The van der Waals surface area contributed by atoms with Gasteiger partial charge in [0.15, 0.2) is 0 Å². The van der Waals surface area contributed by atoms with Gasteiger partial charge in [-0.05, 0) is 43.5 Å². The van der Waals surface area contributed by atoms with E-state index < -0.39 is 23.8 Å². The van der Waals surface area contributed by atoms with Crippen LogP contribution in [0.1, 0.15) is 30.9 Å². The molecule has 1 unspecified atom stereocenters. The summed E-state index contributed by atoms with van der Waals surface area (Å²) in [7, 11) is 0. The molecule has 1 atom stereocenters. The summed E-state index contributed by atoms with van der Waals surface area (Å²) in [5, 5.41) is 2.25. The average molecular weight is 274 g/mol. The zero-order valence-electron chi connectivity index (χ0n) is 11.9. The van der Waals surface area contributed by atoms with Crippen molar-refractivity contribution >= 4 is 23.5 Å². The standard InChI is InChI=1S/C15H18N2O3/c1-4-5-12-13(18)16-15(20)17(14(12)19)11-7-6-9(2)10(3)8-11/h6-8,12H,4-5H2,1-3H3,(H,16,18,20). The van der Waals surface area contributed by atoms with Crippen LogP contribution < -0.4 is 10.2 Å². The summed E-state index contributed by atoms with van der Waals surface area (Å²) in [4.78, 5) is 37.1. The lowest BCUT2D eigenvalue weighted by atomic mass is 9.98. The Labute approximate surface area is 118 Å². The first-order valence-corrected chi connectivity index (χ1v) is 6.71. The third kappa shape index (κ3) is 2.43. The second-order valence-corrected chi connectivity index (χ2v) is 5.08. The number of carbonyl (C=O) groups is 3. The fraction of sp³-hybridized carbons (Fsp3) is 0.400. The molecular formula is C15H18N2O3. The number of rotatable bonds is 3. The van der Waals surface area contributed by atoms with Crippen LogP contribution in [0, 0.1) is 19.8 Å². The van der Waals surface area contributed by atoms with Crippen LogP contribution in [-0.2, 0) is 9.59 Å². The van der Waals surface area contributed by atoms with Crippen molar-refractivity contribution in [2.75, 3.05) is 4.90 Å². The predicted octanol–water partition coefficient (Wildman–Crippen LogP) is 2.30. The zero-order valence-corrected chi connectivity index (χ0v) is 11.9. The molecule has 1 N–H and O–H groups in total. The molecule has 1 saturated heterocycles. The van der Waals surface area contributed by atoms with E-state index in [4.69, 9.17) is 0 Å². The number of amides is 4. The van der Waals surface area contributed by atoms with Gasteiger partial charge in [-0.1, -0.05) is 19.4 Å². The number of urea groups is 1. The van der Waals surface area contributed by atoms with Gasteiger partial charge in [-0.15, -0.1) is 0 Å². The van der Waals surface area contributed by atoms with Crippen molar-refractivity contribution in [2.24, 2.45) is 5.92 Å². The molecule has 0 bridgehead atoms. The van der Waals surface area contributed by atoms with Crippen molar-refractivity contribution in [3.63, 3.8) is 0 Å². The van der Waals surface area contributed by atoms with Crippen LogP contribution in [0.5, 0.6) is 0 Å². The van der Waals surface area contributed by atoms with E-state index in [-0.39, 0.29) is 0 Å². The molecule has 1 heterocycles. The Bertz CT molecular complexity index is 580. The molecule has 5 nitrogen and oxygen atoms in total. The minimum Gasteiger partial charge on any atom is -0.277 e. The Morgan fingerprint density at radius 3 is 2.45 bits per heavy atom. The van der Waals surface area contributed by atoms with Crippen molar-refractivity contribution in [3.8, 4) is 0 Å². The Hall–Kier alpha value is -2.17. The number of barbiturate groups is 1. The Morgan fingerprint density at radius 2 is 1.85 bits per heavy atom. The van der Waals surface area contributed by atoms with Crippen molar-refractivity contribution < 1.29 is 14.4 Å². The highest BCUT2D eigenvalue weighted by atomic mass is 16.2. The third-order valence-electron chi connectivity index (χ3n) is 3.59. The van der Waals surface area contributed by atoms with Crippen LogP contribution in [0.15, 0.2) is 18.2 Å². The van der Waals surface area contributed by atoms with Gasteiger partial charge < -0.3 is 0 Å². The summed E-state index contributed by atoms with van der Waals surface area (Å²) in [5.41, 5.74) is 2.58. The normalized spacial score (nSPS) is 19.2. The molecular weight excluding hydrogens is 256 g/mol. The van der Waals surface area contributed by atoms with Gasteiger partial charge in [0.2, 0.25) is 11.8 Å². The molecule has 1 aromatic rings. The lowest BCUT2D eigenvalue weighted by Gasteiger charge is -2.30. The minimum absolute atomic E-state index is 0.441. The molecule has 0 saturated carbocycles. The zero-order chi connectivity index (χ0) is 14.9. The van der Waals surface area contributed by atoms with Crippen LogP contribution in [0.3, 0.4) is 0 Å². The van der Waals surface area contributed by atoms with Crippen LogP contribution in [0.4, 0.5) is 10.5 Å². The molecule has 4 amide bonds. The number of carbonyl (C=O) groups excluding carboxylic acids is 3. The second-order valence-electron chi connectivity index (χ2n) is 5.08. The molecule has 0 radical (unpaired) electrons. The Kier molecular flexibility index (Phi) is 3.88. The van der Waals surface area contributed by atoms with Gasteiger partial charge in [-0.3, -0.25) is 14.9 Å². The van der Waals surface area contributed by atoms with Crippen molar-refractivity contribution in [1.29, 1.82) is 0 Å². The van der Waals surface area contributed by atoms with E-state index in [1.54, 1.807) is 12.1 Å². The lowest BCUT2D eigenvalue weighted by molar-refractivity contribution is -0.134. The molecule has 1 aliphatic heterocycles. The van der Waals surface area contributed by atoms with E-state index in [2.05, 4.69) is 5.32 Å². The van der Waals surface area contributed by atoms with E-state index in [1.807, 2.05) is 26.8 Å². The molecule has 5 heteroatoms. The SMILES string of the molecule is CCCC1C(=O)NC(=O)N(c2ccc(C)c(C)c2)C1=O. The van der Waals surface area contributed by atoms with Crippen molar-refractivity contribution in [3.05, 3.63) is 29.3 Å². The molecule has 1 aliphatic rings. The maximum Gasteiger partial charge on any atom is 0.335 e. The first-order valence-electron chi connectivity index (χ1n) is 6.71. The first kappa shape index (κ1) is 14.2. The summed E-state index contributed by atoms with van der Waals surface area (Å²) in [6, 6.07) is 4.69. The molecule has 106 valence electrons. The summed E-state index contributed by atoms with van der Waals surface area (Å²) in [6.07, 6.45) is 1.15. The van der Waals surface area contributed by atoms with Gasteiger partial charge in [-0.25, -0.2) is 9.69 Å². The van der Waals surface area contributed by atoms with E-state index >= 15 is 0 Å². The number of hydrogen-bond acceptors (Lipinski definition) is 3. The quantitative estimate of drug-likeness (QED) is 0.860. The molecule has 0 spiro atoms. The topological polar surface area (TPSA) is 66.5 Å². The highest BCUT2D eigenvalue weighted by molar-refractivity contribution is 6.27. The average Bonchev–Trinajstić information content (AvgIpc) is 2.38. The fourth-order valence-electron chi connectivity index (χ4n) is 2.27. The molecule has 1 aromatic carbocycles. The number of anilines is 1. The number of hydrogen-bond donors (Lipinski definition) is 1. The number of nitrogens with zero attached hydrogens (tertiary/aromatic N) is 1. The van der Waals surface area contributed by atoms with Gasteiger partial charge >= 0.3 is 6.03 Å². The molecule has 0 aliphatic carbocycles. The molecule has 20 heavy (non-hydrogen) atoms. The molecule has 2 rings (SSSR count). The highest BCUT2D eigenvalue weighted by Crippen LogP contribution is 2.24. The van der Waals surface area contributed by atoms with E-state index in [0.717, 1.165) is 16.0 Å². The summed E-state index contributed by atoms with van der Waals surface area (Å²) < 4.78 is 0. The fourth-order valence-corrected chi connectivity index (χ4v) is 2.27. The number of benzene rings is 1. The van der Waals surface area contributed by atoms with Gasteiger partial charge in [0.25, 0.3) is 0 Å². The van der Waals surface area contributed by atoms with E-state index in [0.29, 0.717) is 18.5 Å². The minimum atomic E-state index is -0.778. The summed E-state index contributed by atoms with van der Waals surface area (Å²) >= 11 is 0. The van der Waals surface area contributed by atoms with Crippen molar-refractivity contribution in [2.45, 2.75) is 33.6 Å². The van der Waals surface area contributed by atoms with E-state index in [9.17, 15) is 14.4 Å². The predicted molar refractivity (Wildman–Crippen MR) is 75.3 cm³/mol. The van der Waals surface area contributed by atoms with E-state index in [1.165, 1.54) is 0 Å². The number of aryl methyl sites for hydroxylation is 2. The number of nitrogens with one attached hydrogen (secondary N) is 1. The van der Waals surface area contributed by atoms with Crippen LogP contribution >= 0.6 is 0 Å². The number of imide groups is 2. The monoisotopic (exact) mass is 274 g/mol. The second kappa shape index (κ2) is 5.45. The summed E-state index contributed by atoms with van der Waals surface area (Å²) in [5.74, 6) is -1.72. The van der Waals surface area contributed by atoms with Gasteiger partial charge in [0.05, 0.1) is 5.69 Å². The van der Waals surface area contributed by atoms with Crippen molar-refractivity contribution in [1.82, 2.24) is 5.32 Å². The van der Waals surface area contributed by atoms with Crippen LogP contribution in [0.25, 0.3) is 0 Å². The largest absolute Gasteiger partial charge is 0.335 e.